The predicted octanol–water partition coefficient (Wildman–Crippen LogP) is 4.07. The minimum Gasteiger partial charge on any atom is -0.493 e. The third-order valence-electron chi connectivity index (χ3n) is 3.92. The number of rotatable bonds is 7. The van der Waals surface area contributed by atoms with Crippen molar-refractivity contribution in [1.29, 1.82) is 0 Å². The van der Waals surface area contributed by atoms with Crippen molar-refractivity contribution in [3.63, 3.8) is 0 Å². The Morgan fingerprint density at radius 3 is 2.50 bits per heavy atom. The van der Waals surface area contributed by atoms with E-state index in [1.165, 1.54) is 6.08 Å². The van der Waals surface area contributed by atoms with Crippen LogP contribution < -0.4 is 9.47 Å². The summed E-state index contributed by atoms with van der Waals surface area (Å²) in [5.74, 6) is 1.26. The van der Waals surface area contributed by atoms with E-state index < -0.39 is 12.1 Å². The highest BCUT2D eigenvalue weighted by atomic mass is 16.6. The zero-order valence-corrected chi connectivity index (χ0v) is 15.8. The number of nitrogens with zero attached hydrogens (tertiary/aromatic N) is 2. The van der Waals surface area contributed by atoms with Gasteiger partial charge in [-0.05, 0) is 42.8 Å². The molecule has 144 valence electrons. The van der Waals surface area contributed by atoms with Gasteiger partial charge in [-0.3, -0.25) is 0 Å². The van der Waals surface area contributed by atoms with Crippen LogP contribution in [-0.2, 0) is 9.53 Å². The van der Waals surface area contributed by atoms with E-state index in [9.17, 15) is 4.79 Å². The van der Waals surface area contributed by atoms with Gasteiger partial charge in [0.2, 0.25) is 5.89 Å². The fraction of sp³-hybridized carbons (Fsp3) is 0.190. The minimum atomic E-state index is -0.674. The van der Waals surface area contributed by atoms with Crippen LogP contribution in [-0.4, -0.2) is 30.4 Å². The Bertz CT molecular complexity index is 966. The van der Waals surface area contributed by atoms with E-state index in [-0.39, 0.29) is 5.89 Å². The van der Waals surface area contributed by atoms with Gasteiger partial charge in [0.05, 0.1) is 14.2 Å². The standard InChI is InChI=1S/C21H20N2O5/c1-14(20-22-23-21(28-20)16-7-5-4-6-8-16)27-19(24)12-10-15-9-11-17(25-2)18(13-15)26-3/h4-14H,1-3H3/b12-10+/t14-/m0/s1. The summed E-state index contributed by atoms with van der Waals surface area (Å²) in [6, 6.07) is 14.7. The highest BCUT2D eigenvalue weighted by molar-refractivity contribution is 5.87. The fourth-order valence-corrected chi connectivity index (χ4v) is 2.48. The minimum absolute atomic E-state index is 0.228. The summed E-state index contributed by atoms with van der Waals surface area (Å²) in [6.07, 6.45) is 2.28. The molecule has 0 saturated heterocycles. The van der Waals surface area contributed by atoms with Gasteiger partial charge in [0.25, 0.3) is 5.89 Å². The average molecular weight is 380 g/mol. The summed E-state index contributed by atoms with van der Waals surface area (Å²) >= 11 is 0. The lowest BCUT2D eigenvalue weighted by Crippen LogP contribution is -2.06. The topological polar surface area (TPSA) is 83.7 Å². The maximum Gasteiger partial charge on any atom is 0.331 e. The zero-order chi connectivity index (χ0) is 19.9. The van der Waals surface area contributed by atoms with Crippen LogP contribution in [0.15, 0.2) is 59.0 Å². The monoisotopic (exact) mass is 380 g/mol. The van der Waals surface area contributed by atoms with Crippen LogP contribution in [0.5, 0.6) is 11.5 Å². The molecule has 0 aliphatic carbocycles. The molecular weight excluding hydrogens is 360 g/mol. The van der Waals surface area contributed by atoms with Crippen LogP contribution in [0.4, 0.5) is 0 Å². The second-order valence-corrected chi connectivity index (χ2v) is 5.84. The summed E-state index contributed by atoms with van der Waals surface area (Å²) in [4.78, 5) is 12.1. The zero-order valence-electron chi connectivity index (χ0n) is 15.8. The molecule has 0 saturated carbocycles. The smallest absolute Gasteiger partial charge is 0.331 e. The number of hydrogen-bond acceptors (Lipinski definition) is 7. The second kappa shape index (κ2) is 8.85. The van der Waals surface area contributed by atoms with Crippen molar-refractivity contribution in [2.24, 2.45) is 0 Å². The SMILES string of the molecule is COc1ccc(/C=C/C(=O)O[C@@H](C)c2nnc(-c3ccccc3)o2)cc1OC. The maximum atomic E-state index is 12.1. The first-order chi connectivity index (χ1) is 13.6. The summed E-state index contributed by atoms with van der Waals surface area (Å²) < 4.78 is 21.4. The Balaban J connectivity index is 1.63. The van der Waals surface area contributed by atoms with Gasteiger partial charge in [0, 0.05) is 11.6 Å². The number of ether oxygens (including phenoxy) is 3. The van der Waals surface area contributed by atoms with E-state index in [0.717, 1.165) is 11.1 Å². The van der Waals surface area contributed by atoms with Gasteiger partial charge in [0.1, 0.15) is 0 Å². The van der Waals surface area contributed by atoms with E-state index in [0.29, 0.717) is 17.4 Å². The summed E-state index contributed by atoms with van der Waals surface area (Å²) in [6.45, 7) is 1.67. The van der Waals surface area contributed by atoms with Crippen molar-refractivity contribution >= 4 is 12.0 Å². The molecule has 1 aromatic heterocycles. The molecule has 3 rings (SSSR count). The Morgan fingerprint density at radius 1 is 1.04 bits per heavy atom. The van der Waals surface area contributed by atoms with Crippen molar-refractivity contribution < 1.29 is 23.4 Å². The van der Waals surface area contributed by atoms with Gasteiger partial charge < -0.3 is 18.6 Å². The largest absolute Gasteiger partial charge is 0.493 e. The Morgan fingerprint density at radius 2 is 1.79 bits per heavy atom. The van der Waals surface area contributed by atoms with Crippen molar-refractivity contribution in [2.75, 3.05) is 14.2 Å². The predicted molar refractivity (Wildman–Crippen MR) is 103 cm³/mol. The number of esters is 1. The Hall–Kier alpha value is -3.61. The van der Waals surface area contributed by atoms with Gasteiger partial charge in [-0.2, -0.15) is 0 Å². The van der Waals surface area contributed by atoms with Crippen LogP contribution in [0.3, 0.4) is 0 Å². The van der Waals surface area contributed by atoms with E-state index >= 15 is 0 Å². The molecule has 1 atom stereocenters. The summed E-state index contributed by atoms with van der Waals surface area (Å²) in [5.41, 5.74) is 1.57. The number of carbonyl (C=O) groups is 1. The molecule has 3 aromatic rings. The molecule has 0 aliphatic rings. The van der Waals surface area contributed by atoms with Crippen LogP contribution >= 0.6 is 0 Å². The van der Waals surface area contributed by atoms with Crippen molar-refractivity contribution in [1.82, 2.24) is 10.2 Å². The van der Waals surface area contributed by atoms with Crippen molar-refractivity contribution in [3.8, 4) is 23.0 Å². The molecule has 0 bridgehead atoms. The van der Waals surface area contributed by atoms with E-state index in [1.54, 1.807) is 45.4 Å². The number of aromatic nitrogens is 2. The normalized spacial score (nSPS) is 12.0. The Labute approximate surface area is 162 Å². The molecule has 0 amide bonds. The second-order valence-electron chi connectivity index (χ2n) is 5.84. The molecule has 0 radical (unpaired) electrons. The quantitative estimate of drug-likeness (QED) is 0.451. The third-order valence-corrected chi connectivity index (χ3v) is 3.92. The molecule has 2 aromatic carbocycles. The molecule has 7 nitrogen and oxygen atoms in total. The van der Waals surface area contributed by atoms with E-state index in [4.69, 9.17) is 18.6 Å². The molecular formula is C21H20N2O5. The lowest BCUT2D eigenvalue weighted by Gasteiger charge is -2.08. The number of benzene rings is 2. The first kappa shape index (κ1) is 19.2. The molecule has 0 N–H and O–H groups in total. The van der Waals surface area contributed by atoms with Gasteiger partial charge in [0.15, 0.2) is 17.6 Å². The molecule has 0 unspecified atom stereocenters. The molecule has 0 aliphatic heterocycles. The average Bonchev–Trinajstić information content (AvgIpc) is 3.23. The van der Waals surface area contributed by atoms with Crippen LogP contribution in [0, 0.1) is 0 Å². The fourth-order valence-electron chi connectivity index (χ4n) is 2.48. The maximum absolute atomic E-state index is 12.1. The van der Waals surface area contributed by atoms with Crippen LogP contribution in [0.25, 0.3) is 17.5 Å². The third kappa shape index (κ3) is 4.56. The van der Waals surface area contributed by atoms with Crippen molar-refractivity contribution in [3.05, 3.63) is 66.1 Å². The van der Waals surface area contributed by atoms with Gasteiger partial charge in [-0.15, -0.1) is 10.2 Å². The van der Waals surface area contributed by atoms with Gasteiger partial charge in [-0.1, -0.05) is 24.3 Å². The molecule has 0 fully saturated rings. The first-order valence-electron chi connectivity index (χ1n) is 8.60. The number of hydrogen-bond donors (Lipinski definition) is 0. The molecule has 7 heteroatoms. The highest BCUT2D eigenvalue weighted by Gasteiger charge is 2.18. The van der Waals surface area contributed by atoms with E-state index in [1.807, 2.05) is 30.3 Å². The van der Waals surface area contributed by atoms with E-state index in [2.05, 4.69) is 10.2 Å². The lowest BCUT2D eigenvalue weighted by atomic mass is 10.2. The van der Waals surface area contributed by atoms with Crippen LogP contribution in [0.2, 0.25) is 0 Å². The molecule has 28 heavy (non-hydrogen) atoms. The van der Waals surface area contributed by atoms with Gasteiger partial charge in [-0.25, -0.2) is 4.79 Å². The molecule has 0 spiro atoms. The summed E-state index contributed by atoms with van der Waals surface area (Å²) in [7, 11) is 3.11. The Kier molecular flexibility index (Phi) is 6.06. The number of carbonyl (C=O) groups excluding carboxylic acids is 1. The van der Waals surface area contributed by atoms with Crippen molar-refractivity contribution in [2.45, 2.75) is 13.0 Å². The molecule has 1 heterocycles. The van der Waals surface area contributed by atoms with Gasteiger partial charge >= 0.3 is 5.97 Å². The highest BCUT2D eigenvalue weighted by Crippen LogP contribution is 2.28. The first-order valence-corrected chi connectivity index (χ1v) is 8.60. The van der Waals surface area contributed by atoms with Crippen LogP contribution in [0.1, 0.15) is 24.5 Å². The lowest BCUT2D eigenvalue weighted by molar-refractivity contribution is -0.143. The number of methoxy groups -OCH3 is 2. The summed E-state index contributed by atoms with van der Waals surface area (Å²) in [5, 5.41) is 7.95.